The Morgan fingerprint density at radius 1 is 1.33 bits per heavy atom. The van der Waals surface area contributed by atoms with Crippen LogP contribution in [0.25, 0.3) is 0 Å². The number of rotatable bonds is 0. The molecule has 1 aromatic heterocycles. The third-order valence-corrected chi connectivity index (χ3v) is 3.98. The van der Waals surface area contributed by atoms with Crippen LogP contribution in [0.5, 0.6) is 0 Å². The maximum atomic E-state index is 2.27. The summed E-state index contributed by atoms with van der Waals surface area (Å²) in [5.41, 5.74) is 0.406. The molecule has 0 fully saturated rings. The average molecular weight is 187 g/mol. The van der Waals surface area contributed by atoms with Crippen LogP contribution in [-0.4, -0.2) is 14.5 Å². The van der Waals surface area contributed by atoms with Crippen molar-refractivity contribution in [2.45, 2.75) is 26.2 Å². The molecule has 0 saturated heterocycles. The van der Waals surface area contributed by atoms with Gasteiger partial charge in [-0.25, -0.2) is 0 Å². The summed E-state index contributed by atoms with van der Waals surface area (Å²) in [6, 6.07) is 4.42. The van der Waals surface area contributed by atoms with Gasteiger partial charge in [-0.15, -0.1) is 0 Å². The molecule has 0 N–H and O–H groups in total. The van der Waals surface area contributed by atoms with E-state index in [9.17, 15) is 0 Å². The summed E-state index contributed by atoms with van der Waals surface area (Å²) < 4.78 is 1.61. The number of hydrogen-bond donors (Lipinski definition) is 0. The Morgan fingerprint density at radius 2 is 2.00 bits per heavy atom. The number of hydrogen-bond acceptors (Lipinski definition) is 0. The Balaban J connectivity index is 2.90. The molecule has 0 nitrogen and oxygen atoms in total. The quantitative estimate of drug-likeness (QED) is 0.545. The van der Waals surface area contributed by atoms with E-state index in [1.165, 1.54) is 0 Å². The van der Waals surface area contributed by atoms with E-state index in [4.69, 9.17) is 0 Å². The first-order valence-electron chi connectivity index (χ1n) is 3.15. The second kappa shape index (κ2) is 2.32. The fourth-order valence-electron chi connectivity index (χ4n) is 0.705. The molecule has 0 atom stereocenters. The maximum absolute atomic E-state index is 2.27. The molecule has 0 bridgehead atoms. The topological polar surface area (TPSA) is 0 Å². The van der Waals surface area contributed by atoms with Gasteiger partial charge in [-0.2, -0.15) is 0 Å². The molecule has 50 valence electrons. The van der Waals surface area contributed by atoms with Gasteiger partial charge >= 0.3 is 62.2 Å². The first-order chi connectivity index (χ1) is 4.11. The zero-order valence-corrected chi connectivity index (χ0v) is 7.85. The first kappa shape index (κ1) is 7.11. The molecule has 1 aromatic rings. The van der Waals surface area contributed by atoms with Crippen molar-refractivity contribution in [3.05, 3.63) is 21.5 Å². The summed E-state index contributed by atoms with van der Waals surface area (Å²) in [5, 5.41) is 0. The van der Waals surface area contributed by atoms with Gasteiger partial charge in [0, 0.05) is 0 Å². The summed E-state index contributed by atoms with van der Waals surface area (Å²) in [5.74, 6) is 0. The summed E-state index contributed by atoms with van der Waals surface area (Å²) in [7, 11) is 0. The molecule has 0 aliphatic carbocycles. The van der Waals surface area contributed by atoms with Gasteiger partial charge in [0.25, 0.3) is 0 Å². The van der Waals surface area contributed by atoms with Crippen LogP contribution < -0.4 is 0 Å². The van der Waals surface area contributed by atoms with E-state index in [2.05, 4.69) is 37.8 Å². The fraction of sp³-hybridized carbons (Fsp3) is 0.500. The molecule has 1 heteroatoms. The molecule has 0 unspecified atom stereocenters. The van der Waals surface area contributed by atoms with Gasteiger partial charge in [-0.3, -0.25) is 0 Å². The van der Waals surface area contributed by atoms with Gasteiger partial charge in [0.15, 0.2) is 0 Å². The van der Waals surface area contributed by atoms with E-state index in [-0.39, 0.29) is 0 Å². The second-order valence-electron chi connectivity index (χ2n) is 3.23. The predicted octanol–water partition coefficient (Wildman–Crippen LogP) is 2.04. The second-order valence-corrected chi connectivity index (χ2v) is 5.22. The van der Waals surface area contributed by atoms with Crippen LogP contribution in [0.4, 0.5) is 0 Å². The summed E-state index contributed by atoms with van der Waals surface area (Å²) in [6.45, 7) is 6.81. The van der Waals surface area contributed by atoms with Crippen molar-refractivity contribution in [3.63, 3.8) is 0 Å². The van der Waals surface area contributed by atoms with E-state index < -0.39 is 0 Å². The van der Waals surface area contributed by atoms with Crippen LogP contribution >= 0.6 is 0 Å². The predicted molar refractivity (Wildman–Crippen MR) is 42.1 cm³/mol. The van der Waals surface area contributed by atoms with Gasteiger partial charge in [0.1, 0.15) is 0 Å². The SMILES string of the molecule is CC(C)(C)c1ccc[se]1. The molecular formula is C8H12Se. The molecule has 9 heavy (non-hydrogen) atoms. The van der Waals surface area contributed by atoms with Crippen molar-refractivity contribution in [2.24, 2.45) is 0 Å². The molecule has 0 amide bonds. The standard InChI is InChI=1S/C8H12Se/c1-8(2,3)7-5-4-6-9-7/h4-6H,1-3H3. The Hall–Kier alpha value is -0.000519. The molecular weight excluding hydrogens is 175 g/mol. The van der Waals surface area contributed by atoms with Crippen LogP contribution in [0.3, 0.4) is 0 Å². The summed E-state index contributed by atoms with van der Waals surface area (Å²) in [6.07, 6.45) is 0. The van der Waals surface area contributed by atoms with E-state index >= 15 is 0 Å². The van der Waals surface area contributed by atoms with Crippen molar-refractivity contribution in [1.29, 1.82) is 0 Å². The van der Waals surface area contributed by atoms with Crippen LogP contribution in [0, 0.1) is 0 Å². The third-order valence-electron chi connectivity index (χ3n) is 1.26. The van der Waals surface area contributed by atoms with Crippen LogP contribution in [0.2, 0.25) is 0 Å². The van der Waals surface area contributed by atoms with E-state index in [1.54, 1.807) is 4.44 Å². The third kappa shape index (κ3) is 1.70. The van der Waals surface area contributed by atoms with Crippen molar-refractivity contribution in [2.75, 3.05) is 0 Å². The summed E-state index contributed by atoms with van der Waals surface area (Å²) in [4.78, 5) is 2.27. The van der Waals surface area contributed by atoms with Crippen molar-refractivity contribution < 1.29 is 0 Å². The molecule has 0 aliphatic rings. The molecule has 1 rings (SSSR count). The van der Waals surface area contributed by atoms with Gasteiger partial charge in [-0.1, -0.05) is 0 Å². The Bertz CT molecular complexity index is 167. The van der Waals surface area contributed by atoms with Crippen molar-refractivity contribution in [1.82, 2.24) is 0 Å². The monoisotopic (exact) mass is 188 g/mol. The zero-order valence-electron chi connectivity index (χ0n) is 6.14. The van der Waals surface area contributed by atoms with E-state index in [1.807, 2.05) is 0 Å². The van der Waals surface area contributed by atoms with Gasteiger partial charge in [-0.05, 0) is 0 Å². The van der Waals surface area contributed by atoms with Crippen molar-refractivity contribution in [3.8, 4) is 0 Å². The van der Waals surface area contributed by atoms with Crippen LogP contribution in [-0.2, 0) is 5.41 Å². The molecule has 0 spiro atoms. The minimum absolute atomic E-state index is 0.406. The first-order valence-corrected chi connectivity index (χ1v) is 4.99. The van der Waals surface area contributed by atoms with E-state index in [0.717, 1.165) is 0 Å². The van der Waals surface area contributed by atoms with Crippen LogP contribution in [0.15, 0.2) is 17.1 Å². The minimum atomic E-state index is 0.406. The molecule has 0 saturated carbocycles. The Labute approximate surface area is 62.6 Å². The van der Waals surface area contributed by atoms with E-state index in [0.29, 0.717) is 19.9 Å². The summed E-state index contributed by atoms with van der Waals surface area (Å²) >= 11 is 0.651. The van der Waals surface area contributed by atoms with Crippen molar-refractivity contribution >= 4 is 14.5 Å². The molecule has 0 radical (unpaired) electrons. The zero-order chi connectivity index (χ0) is 6.91. The fourth-order valence-corrected chi connectivity index (χ4v) is 2.41. The Kier molecular flexibility index (Phi) is 1.83. The van der Waals surface area contributed by atoms with Crippen LogP contribution in [0.1, 0.15) is 25.2 Å². The van der Waals surface area contributed by atoms with Gasteiger partial charge in [0.2, 0.25) is 0 Å². The molecule has 1 heterocycles. The average Bonchev–Trinajstić information content (AvgIpc) is 2.08. The Morgan fingerprint density at radius 3 is 2.22 bits per heavy atom. The van der Waals surface area contributed by atoms with Gasteiger partial charge in [0.05, 0.1) is 0 Å². The normalized spacial score (nSPS) is 11.9. The molecule has 0 aliphatic heterocycles. The van der Waals surface area contributed by atoms with Gasteiger partial charge < -0.3 is 0 Å². The molecule has 0 aromatic carbocycles.